The summed E-state index contributed by atoms with van der Waals surface area (Å²) in [5, 5.41) is 2.66. The predicted octanol–water partition coefficient (Wildman–Crippen LogP) is 4.40. The minimum atomic E-state index is -2.86. The minimum Gasteiger partial charge on any atom is -0.350 e. The molecule has 21 heavy (non-hydrogen) atoms. The first-order valence-electron chi connectivity index (χ1n) is 6.27. The van der Waals surface area contributed by atoms with Gasteiger partial charge < -0.3 is 9.88 Å². The second kappa shape index (κ2) is 5.57. The van der Waals surface area contributed by atoms with Crippen molar-refractivity contribution in [2.45, 2.75) is 6.92 Å². The van der Waals surface area contributed by atoms with Gasteiger partial charge >= 0.3 is 0 Å². The quantitative estimate of drug-likeness (QED) is 0.851. The number of hydrogen-bond donors (Lipinski definition) is 1. The molecule has 2 aromatic rings. The van der Waals surface area contributed by atoms with Crippen molar-refractivity contribution in [2.24, 2.45) is 0 Å². The van der Waals surface area contributed by atoms with Crippen LogP contribution in [0.15, 0.2) is 30.3 Å². The smallest absolute Gasteiger partial charge is 0.182 e. The fourth-order valence-corrected chi connectivity index (χ4v) is 3.09. The zero-order chi connectivity index (χ0) is 15.8. The lowest BCUT2D eigenvalue weighted by molar-refractivity contribution is 0.512. The van der Waals surface area contributed by atoms with Crippen LogP contribution in [-0.2, 0) is 4.57 Å². The second-order valence-electron chi connectivity index (χ2n) is 5.21. The summed E-state index contributed by atoms with van der Waals surface area (Å²) < 4.78 is 53.5. The molecule has 2 aromatic carbocycles. The molecular weight excluding hydrogens is 298 g/mol. The monoisotopic (exact) mass is 313 g/mol. The van der Waals surface area contributed by atoms with Crippen molar-refractivity contribution in [1.82, 2.24) is 0 Å². The van der Waals surface area contributed by atoms with Gasteiger partial charge in [-0.15, -0.1) is 0 Å². The Bertz CT molecular complexity index is 740. The Labute approximate surface area is 121 Å². The van der Waals surface area contributed by atoms with E-state index in [1.807, 2.05) is 0 Å². The van der Waals surface area contributed by atoms with Gasteiger partial charge in [-0.1, -0.05) is 6.07 Å². The van der Waals surface area contributed by atoms with Crippen LogP contribution in [0, 0.1) is 24.4 Å². The first-order valence-corrected chi connectivity index (χ1v) is 8.87. The minimum absolute atomic E-state index is 0.000185. The second-order valence-corrected chi connectivity index (χ2v) is 8.40. The van der Waals surface area contributed by atoms with E-state index in [0.29, 0.717) is 5.56 Å². The van der Waals surface area contributed by atoms with Crippen LogP contribution in [0.25, 0.3) is 0 Å². The molecule has 0 aromatic heterocycles. The van der Waals surface area contributed by atoms with Crippen molar-refractivity contribution in [3.63, 3.8) is 0 Å². The topological polar surface area (TPSA) is 29.1 Å². The van der Waals surface area contributed by atoms with Crippen LogP contribution in [0.2, 0.25) is 0 Å². The lowest BCUT2D eigenvalue weighted by Crippen LogP contribution is -2.14. The standard InChI is InChI=1S/C15H15F3NOP/c1-9-4-6-12(11(17)8-9)19-15-13(21(2,3)20)7-5-10(16)14(15)18/h4-8,19H,1-3H3. The van der Waals surface area contributed by atoms with Gasteiger partial charge in [0.15, 0.2) is 11.6 Å². The SMILES string of the molecule is Cc1ccc(Nc2c(P(C)(C)=O)ccc(F)c2F)c(F)c1. The van der Waals surface area contributed by atoms with Crippen molar-refractivity contribution >= 4 is 23.8 Å². The van der Waals surface area contributed by atoms with Crippen LogP contribution in [0.5, 0.6) is 0 Å². The maximum Gasteiger partial charge on any atom is 0.182 e. The highest BCUT2D eigenvalue weighted by Crippen LogP contribution is 2.40. The van der Waals surface area contributed by atoms with Crippen molar-refractivity contribution in [3.8, 4) is 0 Å². The summed E-state index contributed by atoms with van der Waals surface area (Å²) in [4.78, 5) is 0. The molecule has 0 fully saturated rings. The van der Waals surface area contributed by atoms with Gasteiger partial charge in [0.05, 0.1) is 11.4 Å². The molecule has 0 aliphatic carbocycles. The fourth-order valence-electron chi connectivity index (χ4n) is 1.96. The van der Waals surface area contributed by atoms with Crippen LogP contribution in [-0.4, -0.2) is 13.3 Å². The van der Waals surface area contributed by atoms with Crippen molar-refractivity contribution < 1.29 is 17.7 Å². The van der Waals surface area contributed by atoms with E-state index in [1.165, 1.54) is 31.5 Å². The molecule has 0 heterocycles. The van der Waals surface area contributed by atoms with E-state index in [2.05, 4.69) is 5.32 Å². The maximum atomic E-state index is 14.0. The van der Waals surface area contributed by atoms with E-state index in [9.17, 15) is 17.7 Å². The van der Waals surface area contributed by atoms with E-state index >= 15 is 0 Å². The van der Waals surface area contributed by atoms with Gasteiger partial charge in [0.1, 0.15) is 13.0 Å². The van der Waals surface area contributed by atoms with Gasteiger partial charge in [0.2, 0.25) is 0 Å². The normalized spacial score (nSPS) is 11.5. The lowest BCUT2D eigenvalue weighted by atomic mass is 10.2. The Morgan fingerprint density at radius 3 is 2.24 bits per heavy atom. The number of benzene rings is 2. The summed E-state index contributed by atoms with van der Waals surface area (Å²) in [7, 11) is -2.86. The van der Waals surface area contributed by atoms with Crippen LogP contribution >= 0.6 is 7.14 Å². The largest absolute Gasteiger partial charge is 0.350 e. The Hall–Kier alpha value is -1.74. The molecule has 112 valence electrons. The molecule has 0 unspecified atom stereocenters. The number of anilines is 2. The number of nitrogens with one attached hydrogen (secondary N) is 1. The molecule has 0 atom stereocenters. The zero-order valence-corrected chi connectivity index (χ0v) is 12.8. The summed E-state index contributed by atoms with van der Waals surface area (Å²) in [6.07, 6.45) is 0. The molecule has 0 saturated carbocycles. The van der Waals surface area contributed by atoms with Crippen LogP contribution < -0.4 is 10.6 Å². The third-order valence-corrected chi connectivity index (χ3v) is 4.57. The molecular formula is C15H15F3NOP. The average molecular weight is 313 g/mol. The molecule has 0 spiro atoms. The van der Waals surface area contributed by atoms with Crippen molar-refractivity contribution in [3.05, 3.63) is 53.3 Å². The van der Waals surface area contributed by atoms with Crippen LogP contribution in [0.4, 0.5) is 24.5 Å². The highest BCUT2D eigenvalue weighted by atomic mass is 31.2. The fraction of sp³-hybridized carbons (Fsp3) is 0.200. The molecule has 0 bridgehead atoms. The molecule has 0 amide bonds. The summed E-state index contributed by atoms with van der Waals surface area (Å²) in [6, 6.07) is 6.51. The van der Waals surface area contributed by atoms with Gasteiger partial charge in [0, 0.05) is 5.30 Å². The zero-order valence-electron chi connectivity index (χ0n) is 11.9. The summed E-state index contributed by atoms with van der Waals surface area (Å²) in [5.74, 6) is -2.84. The molecule has 0 aliphatic rings. The molecule has 0 saturated heterocycles. The summed E-state index contributed by atoms with van der Waals surface area (Å²) >= 11 is 0. The Morgan fingerprint density at radius 2 is 1.67 bits per heavy atom. The predicted molar refractivity (Wildman–Crippen MR) is 79.9 cm³/mol. The van der Waals surface area contributed by atoms with Gasteiger partial charge in [0.25, 0.3) is 0 Å². The third kappa shape index (κ3) is 3.30. The Kier molecular flexibility index (Phi) is 4.15. The number of halogens is 3. The molecule has 0 aliphatic heterocycles. The van der Waals surface area contributed by atoms with E-state index in [4.69, 9.17) is 0 Å². The van der Waals surface area contributed by atoms with Gasteiger partial charge in [-0.3, -0.25) is 0 Å². The summed E-state index contributed by atoms with van der Waals surface area (Å²) in [5.41, 5.74) is 0.417. The van der Waals surface area contributed by atoms with Gasteiger partial charge in [-0.2, -0.15) is 0 Å². The molecule has 6 heteroatoms. The van der Waals surface area contributed by atoms with Crippen LogP contribution in [0.3, 0.4) is 0 Å². The first-order chi connectivity index (χ1) is 9.70. The van der Waals surface area contributed by atoms with Gasteiger partial charge in [-0.05, 0) is 50.1 Å². The molecule has 1 N–H and O–H groups in total. The molecule has 0 radical (unpaired) electrons. The van der Waals surface area contributed by atoms with E-state index < -0.39 is 24.6 Å². The van der Waals surface area contributed by atoms with Gasteiger partial charge in [-0.25, -0.2) is 13.2 Å². The number of aryl methyl sites for hydroxylation is 1. The van der Waals surface area contributed by atoms with Crippen molar-refractivity contribution in [2.75, 3.05) is 18.6 Å². The Balaban J connectivity index is 2.57. The highest BCUT2D eigenvalue weighted by Gasteiger charge is 2.22. The first kappa shape index (κ1) is 15.6. The third-order valence-electron chi connectivity index (χ3n) is 3.04. The maximum absolute atomic E-state index is 14.0. The number of rotatable bonds is 3. The summed E-state index contributed by atoms with van der Waals surface area (Å²) in [6.45, 7) is 4.60. The Morgan fingerprint density at radius 1 is 1.00 bits per heavy atom. The van der Waals surface area contributed by atoms with E-state index in [0.717, 1.165) is 6.07 Å². The van der Waals surface area contributed by atoms with Crippen LogP contribution in [0.1, 0.15) is 5.56 Å². The van der Waals surface area contributed by atoms with Crippen molar-refractivity contribution in [1.29, 1.82) is 0 Å². The highest BCUT2D eigenvalue weighted by molar-refractivity contribution is 7.70. The molecule has 2 nitrogen and oxygen atoms in total. The van der Waals surface area contributed by atoms with E-state index in [1.54, 1.807) is 13.0 Å². The number of hydrogen-bond acceptors (Lipinski definition) is 2. The molecule has 2 rings (SSSR count). The average Bonchev–Trinajstić information content (AvgIpc) is 2.36. The lowest BCUT2D eigenvalue weighted by Gasteiger charge is -2.17. The van der Waals surface area contributed by atoms with E-state index in [-0.39, 0.29) is 16.7 Å².